The van der Waals surface area contributed by atoms with Crippen molar-refractivity contribution in [1.82, 2.24) is 10.3 Å². The Hall–Kier alpha value is -1.62. The summed E-state index contributed by atoms with van der Waals surface area (Å²) in [6, 6.07) is 1.53. The Balaban J connectivity index is 1.89. The number of carbonyl (C=O) groups is 2. The zero-order valence-corrected chi connectivity index (χ0v) is 12.0. The lowest BCUT2D eigenvalue weighted by atomic mass is 9.79. The van der Waals surface area contributed by atoms with Gasteiger partial charge in [-0.2, -0.15) is 0 Å². The maximum atomic E-state index is 12.0. The summed E-state index contributed by atoms with van der Waals surface area (Å²) in [5.41, 5.74) is 0.0429. The molecule has 1 aromatic heterocycles. The van der Waals surface area contributed by atoms with Gasteiger partial charge in [0.2, 0.25) is 0 Å². The Morgan fingerprint density at radius 3 is 2.65 bits per heavy atom. The number of aliphatic hydroxyl groups is 1. The lowest BCUT2D eigenvalue weighted by Crippen LogP contribution is -2.45. The average Bonchev–Trinajstić information content (AvgIpc) is 2.90. The molecule has 110 valence electrons. The van der Waals surface area contributed by atoms with Crippen LogP contribution in [0.25, 0.3) is 0 Å². The van der Waals surface area contributed by atoms with Gasteiger partial charge in [-0.05, 0) is 44.6 Å². The number of ketones is 1. The van der Waals surface area contributed by atoms with Crippen LogP contribution in [0.4, 0.5) is 0 Å². The maximum Gasteiger partial charge on any atom is 0.267 e. The monoisotopic (exact) mass is 278 g/mol. The molecule has 0 aliphatic heterocycles. The summed E-state index contributed by atoms with van der Waals surface area (Å²) < 4.78 is 0. The molecule has 3 N–H and O–H groups in total. The molecule has 0 atom stereocenters. The van der Waals surface area contributed by atoms with Crippen LogP contribution in [-0.4, -0.2) is 33.9 Å². The number of Topliss-reactive ketones (excluding diaryl/α,β-unsaturated/α-hetero) is 1. The van der Waals surface area contributed by atoms with E-state index in [0.717, 1.165) is 25.7 Å². The van der Waals surface area contributed by atoms with Crippen molar-refractivity contribution in [2.45, 2.75) is 45.1 Å². The molecule has 0 saturated heterocycles. The highest BCUT2D eigenvalue weighted by Crippen LogP contribution is 2.31. The average molecular weight is 278 g/mol. The van der Waals surface area contributed by atoms with Gasteiger partial charge in [0, 0.05) is 18.3 Å². The van der Waals surface area contributed by atoms with Crippen molar-refractivity contribution in [3.63, 3.8) is 0 Å². The quantitative estimate of drug-likeness (QED) is 0.735. The second-order valence-corrected chi connectivity index (χ2v) is 5.95. The molecule has 1 aromatic rings. The van der Waals surface area contributed by atoms with Crippen molar-refractivity contribution >= 4 is 11.7 Å². The van der Waals surface area contributed by atoms with Crippen molar-refractivity contribution in [3.05, 3.63) is 23.5 Å². The van der Waals surface area contributed by atoms with E-state index in [-0.39, 0.29) is 18.2 Å². The first-order valence-electron chi connectivity index (χ1n) is 7.09. The van der Waals surface area contributed by atoms with Crippen LogP contribution in [0.3, 0.4) is 0 Å². The number of amides is 1. The van der Waals surface area contributed by atoms with Gasteiger partial charge in [0.15, 0.2) is 5.78 Å². The molecule has 0 bridgehead atoms. The van der Waals surface area contributed by atoms with Gasteiger partial charge in [0.05, 0.1) is 5.60 Å². The van der Waals surface area contributed by atoms with Gasteiger partial charge in [0.1, 0.15) is 5.69 Å². The van der Waals surface area contributed by atoms with Crippen LogP contribution in [0, 0.1) is 5.92 Å². The van der Waals surface area contributed by atoms with E-state index in [9.17, 15) is 14.7 Å². The molecule has 20 heavy (non-hydrogen) atoms. The first kappa shape index (κ1) is 14.8. The van der Waals surface area contributed by atoms with E-state index in [1.165, 1.54) is 19.2 Å². The van der Waals surface area contributed by atoms with Crippen LogP contribution >= 0.6 is 0 Å². The van der Waals surface area contributed by atoms with Crippen LogP contribution in [0.15, 0.2) is 12.3 Å². The van der Waals surface area contributed by atoms with Gasteiger partial charge in [-0.3, -0.25) is 9.59 Å². The summed E-state index contributed by atoms with van der Waals surface area (Å²) >= 11 is 0. The van der Waals surface area contributed by atoms with Crippen molar-refractivity contribution in [3.8, 4) is 0 Å². The van der Waals surface area contributed by atoms with E-state index in [4.69, 9.17) is 0 Å². The minimum Gasteiger partial charge on any atom is -0.388 e. The van der Waals surface area contributed by atoms with Gasteiger partial charge in [-0.1, -0.05) is 6.92 Å². The zero-order chi connectivity index (χ0) is 14.8. The molecule has 1 saturated carbocycles. The number of nitrogens with one attached hydrogen (secondary N) is 2. The van der Waals surface area contributed by atoms with E-state index >= 15 is 0 Å². The molecule has 1 heterocycles. The fourth-order valence-corrected chi connectivity index (χ4v) is 2.54. The summed E-state index contributed by atoms with van der Waals surface area (Å²) in [5, 5.41) is 13.1. The van der Waals surface area contributed by atoms with Gasteiger partial charge in [-0.25, -0.2) is 0 Å². The fourth-order valence-electron chi connectivity index (χ4n) is 2.54. The molecular weight excluding hydrogens is 256 g/mol. The number of rotatable bonds is 4. The van der Waals surface area contributed by atoms with Crippen LogP contribution < -0.4 is 5.32 Å². The van der Waals surface area contributed by atoms with Gasteiger partial charge in [0.25, 0.3) is 5.91 Å². The Labute approximate surface area is 118 Å². The molecule has 0 radical (unpaired) electrons. The largest absolute Gasteiger partial charge is 0.388 e. The summed E-state index contributed by atoms with van der Waals surface area (Å²) in [4.78, 5) is 25.9. The van der Waals surface area contributed by atoms with E-state index in [0.29, 0.717) is 17.2 Å². The topological polar surface area (TPSA) is 82.2 Å². The Morgan fingerprint density at radius 1 is 1.45 bits per heavy atom. The summed E-state index contributed by atoms with van der Waals surface area (Å²) in [7, 11) is 0. The van der Waals surface area contributed by atoms with Crippen molar-refractivity contribution in [2.24, 2.45) is 5.92 Å². The highest BCUT2D eigenvalue weighted by molar-refractivity contribution is 5.99. The van der Waals surface area contributed by atoms with Crippen molar-refractivity contribution in [2.75, 3.05) is 6.54 Å². The molecular formula is C15H22N2O3. The van der Waals surface area contributed by atoms with Crippen molar-refractivity contribution < 1.29 is 14.7 Å². The number of hydrogen-bond acceptors (Lipinski definition) is 3. The van der Waals surface area contributed by atoms with E-state index in [2.05, 4.69) is 17.2 Å². The minimum atomic E-state index is -0.793. The van der Waals surface area contributed by atoms with Crippen molar-refractivity contribution in [1.29, 1.82) is 0 Å². The highest BCUT2D eigenvalue weighted by atomic mass is 16.3. The number of aromatic amines is 1. The number of aromatic nitrogens is 1. The molecule has 5 heteroatoms. The summed E-state index contributed by atoms with van der Waals surface area (Å²) in [6.45, 7) is 3.89. The lowest BCUT2D eigenvalue weighted by Gasteiger charge is -2.34. The summed E-state index contributed by atoms with van der Waals surface area (Å²) in [6.07, 6.45) is 4.94. The van der Waals surface area contributed by atoms with Crippen LogP contribution in [-0.2, 0) is 0 Å². The van der Waals surface area contributed by atoms with Gasteiger partial charge in [-0.15, -0.1) is 0 Å². The van der Waals surface area contributed by atoms with Crippen LogP contribution in [0.1, 0.15) is 60.4 Å². The molecule has 0 aromatic carbocycles. The Morgan fingerprint density at radius 2 is 2.10 bits per heavy atom. The zero-order valence-electron chi connectivity index (χ0n) is 12.0. The minimum absolute atomic E-state index is 0.0832. The highest BCUT2D eigenvalue weighted by Gasteiger charge is 2.32. The van der Waals surface area contributed by atoms with Gasteiger partial charge >= 0.3 is 0 Å². The fraction of sp³-hybridized carbons (Fsp3) is 0.600. The maximum absolute atomic E-state index is 12.0. The Bertz CT molecular complexity index is 499. The smallest absolute Gasteiger partial charge is 0.267 e. The SMILES string of the molecule is CC(=O)c1c[nH]c(C(=O)NCC2(O)CCC(C)CC2)c1. The first-order valence-corrected chi connectivity index (χ1v) is 7.09. The van der Waals surface area contributed by atoms with Crippen LogP contribution in [0.5, 0.6) is 0 Å². The number of carbonyl (C=O) groups excluding carboxylic acids is 2. The van der Waals surface area contributed by atoms with E-state index in [1.807, 2.05) is 0 Å². The standard InChI is InChI=1S/C15H22N2O3/c1-10-3-5-15(20,6-4-10)9-17-14(19)13-7-12(8-16-13)11(2)18/h7-8,10,16,20H,3-6,9H2,1-2H3,(H,17,19). The molecule has 0 unspecified atom stereocenters. The number of H-pyrrole nitrogens is 1. The number of hydrogen-bond donors (Lipinski definition) is 3. The molecule has 1 aliphatic carbocycles. The Kier molecular flexibility index (Phi) is 4.28. The molecule has 1 aliphatic rings. The molecule has 2 rings (SSSR count). The molecule has 1 amide bonds. The third-order valence-electron chi connectivity index (χ3n) is 4.12. The third-order valence-corrected chi connectivity index (χ3v) is 4.12. The summed E-state index contributed by atoms with van der Waals surface area (Å²) in [5.74, 6) is 0.275. The predicted octanol–water partition coefficient (Wildman–Crippen LogP) is 1.89. The molecule has 1 fully saturated rings. The normalized spacial score (nSPS) is 26.2. The first-order chi connectivity index (χ1) is 9.39. The van der Waals surface area contributed by atoms with E-state index in [1.54, 1.807) is 0 Å². The predicted molar refractivity (Wildman–Crippen MR) is 75.7 cm³/mol. The molecule has 0 spiro atoms. The third kappa shape index (κ3) is 3.48. The van der Waals surface area contributed by atoms with Crippen LogP contribution in [0.2, 0.25) is 0 Å². The second kappa shape index (κ2) is 5.79. The molecule has 5 nitrogen and oxygen atoms in total. The van der Waals surface area contributed by atoms with E-state index < -0.39 is 5.60 Å². The lowest BCUT2D eigenvalue weighted by molar-refractivity contribution is -0.00543. The van der Waals surface area contributed by atoms with Gasteiger partial charge < -0.3 is 15.4 Å². The second-order valence-electron chi connectivity index (χ2n) is 5.95.